The highest BCUT2D eigenvalue weighted by atomic mass is 19.3. The molecule has 1 aromatic heterocycles. The van der Waals surface area contributed by atoms with Crippen LogP contribution in [0.5, 0.6) is 23.0 Å². The molecule has 4 aliphatic rings. The zero-order chi connectivity index (χ0) is 48.1. The maximum atomic E-state index is 15.0. The van der Waals surface area contributed by atoms with E-state index >= 15 is 0 Å². The Balaban J connectivity index is 0.000000185. The number of imide groups is 2. The van der Waals surface area contributed by atoms with Gasteiger partial charge in [-0.3, -0.25) is 39.1 Å². The highest BCUT2D eigenvalue weighted by Gasteiger charge is 2.43. The van der Waals surface area contributed by atoms with Gasteiger partial charge in [0, 0.05) is 70.6 Å². The maximum Gasteiger partial charge on any atom is 0.329 e. The lowest BCUT2D eigenvalue weighted by Gasteiger charge is -2.32. The van der Waals surface area contributed by atoms with E-state index in [0.29, 0.717) is 77.4 Å². The molecule has 3 fully saturated rings. The number of aryl methyl sites for hydroxylation is 1. The van der Waals surface area contributed by atoms with Crippen LogP contribution in [-0.2, 0) is 18.3 Å². The monoisotopic (exact) mass is 935 g/mol. The molecule has 0 aliphatic carbocycles. The van der Waals surface area contributed by atoms with Gasteiger partial charge in [0.2, 0.25) is 5.91 Å². The highest BCUT2D eigenvalue weighted by Crippen LogP contribution is 2.40. The average Bonchev–Trinajstić information content (AvgIpc) is 3.78. The minimum absolute atomic E-state index is 0.00128. The summed E-state index contributed by atoms with van der Waals surface area (Å²) in [7, 11) is 3.22. The molecule has 0 bridgehead atoms. The number of rotatable bonds is 13. The number of carbonyl (C=O) groups is 4. The predicted molar refractivity (Wildman–Crippen MR) is 246 cm³/mol. The van der Waals surface area contributed by atoms with E-state index in [1.807, 2.05) is 31.2 Å². The largest absolute Gasteiger partial charge is 0.493 e. The van der Waals surface area contributed by atoms with Crippen LogP contribution in [0.25, 0.3) is 10.9 Å². The quantitative estimate of drug-likeness (QED) is 0.116. The van der Waals surface area contributed by atoms with Crippen molar-refractivity contribution in [2.24, 2.45) is 7.05 Å². The number of methoxy groups -OCH3 is 1. The molecule has 9 rings (SSSR count). The van der Waals surface area contributed by atoms with E-state index in [0.717, 1.165) is 37.4 Å². The van der Waals surface area contributed by atoms with Gasteiger partial charge >= 0.3 is 6.03 Å². The van der Waals surface area contributed by atoms with Gasteiger partial charge in [-0.2, -0.15) is 10.4 Å². The molecule has 0 spiro atoms. The summed E-state index contributed by atoms with van der Waals surface area (Å²) < 4.78 is 60.5. The van der Waals surface area contributed by atoms with Gasteiger partial charge in [0.05, 0.1) is 61.1 Å². The molecule has 0 radical (unpaired) electrons. The number of nitrogens with one attached hydrogen (secondary N) is 2. The first-order valence-electron chi connectivity index (χ1n) is 22.6. The van der Waals surface area contributed by atoms with Crippen molar-refractivity contribution in [2.45, 2.75) is 51.0 Å². The lowest BCUT2D eigenvalue weighted by atomic mass is 10.0. The number of halogens is 3. The number of fused-ring (bicyclic) bond motifs is 2. The van der Waals surface area contributed by atoms with E-state index in [2.05, 4.69) is 26.7 Å². The number of hydrogen-bond acceptors (Lipinski definition) is 12. The number of likely N-dealkylation sites (tertiary alicyclic amines) is 1. The Morgan fingerprint density at radius 1 is 0.926 bits per heavy atom. The minimum Gasteiger partial charge on any atom is -0.493 e. The second-order valence-electron chi connectivity index (χ2n) is 16.9. The number of nitrogens with zero attached hydrogens (tertiary/aromatic N) is 7. The first kappa shape index (κ1) is 47.3. The van der Waals surface area contributed by atoms with E-state index in [9.17, 15) is 37.6 Å². The molecule has 1 atom stereocenters. The smallest absolute Gasteiger partial charge is 0.329 e. The van der Waals surface area contributed by atoms with Crippen LogP contribution >= 0.6 is 0 Å². The summed E-state index contributed by atoms with van der Waals surface area (Å²) in [6, 6.07) is 21.3. The molecular formula is C49H52F3N9O7. The molecule has 16 nitrogen and oxygen atoms in total. The summed E-state index contributed by atoms with van der Waals surface area (Å²) in [6.45, 7) is 6.63. The summed E-state index contributed by atoms with van der Waals surface area (Å²) >= 11 is 0. The number of piperidine rings is 1. The summed E-state index contributed by atoms with van der Waals surface area (Å²) in [4.78, 5) is 57.1. The molecule has 5 amide bonds. The van der Waals surface area contributed by atoms with Gasteiger partial charge in [-0.15, -0.1) is 0 Å². The van der Waals surface area contributed by atoms with Crippen molar-refractivity contribution < 1.29 is 46.6 Å². The fraction of sp³-hybridized carbons (Fsp3) is 0.388. The highest BCUT2D eigenvalue weighted by molar-refractivity contribution is 6.24. The normalized spacial score (nSPS) is 17.6. The number of benzene rings is 4. The number of piperazine rings is 1. The van der Waals surface area contributed by atoms with E-state index in [1.165, 1.54) is 26.6 Å². The Morgan fingerprint density at radius 3 is 2.41 bits per heavy atom. The molecule has 3 saturated heterocycles. The van der Waals surface area contributed by atoms with Crippen LogP contribution in [0.3, 0.4) is 0 Å². The molecule has 19 heteroatoms. The molecular weight excluding hydrogens is 884 g/mol. The van der Waals surface area contributed by atoms with E-state index < -0.39 is 23.8 Å². The Bertz CT molecular complexity index is 2750. The second kappa shape index (κ2) is 20.4. The van der Waals surface area contributed by atoms with E-state index in [4.69, 9.17) is 14.2 Å². The number of anilines is 2. The SMILES string of the molecule is CCOc1cc([C@@H](CC#N)N2C(=O)c3cccc(N4CCNCC4)c3C2=O)ccc1OC.Cn1nc(N2CCC(=O)NC2=O)c2cc(F)c(Oc3ccc(CCN4CCCC(F)(F)C4)cc3)cc21. The van der Waals surface area contributed by atoms with Gasteiger partial charge in [0.1, 0.15) is 5.75 Å². The number of hydrogen-bond donors (Lipinski definition) is 2. The second-order valence-corrected chi connectivity index (χ2v) is 16.9. The number of carbonyl (C=O) groups excluding carboxylic acids is 4. The van der Waals surface area contributed by atoms with Gasteiger partial charge < -0.3 is 24.4 Å². The van der Waals surface area contributed by atoms with Crippen LogP contribution in [0.2, 0.25) is 0 Å². The number of urea groups is 1. The van der Waals surface area contributed by atoms with Crippen molar-refractivity contribution >= 4 is 46.2 Å². The average molecular weight is 936 g/mol. The van der Waals surface area contributed by atoms with Crippen molar-refractivity contribution in [1.29, 1.82) is 5.26 Å². The van der Waals surface area contributed by atoms with Crippen LogP contribution in [0.1, 0.15) is 70.5 Å². The summed E-state index contributed by atoms with van der Waals surface area (Å²) in [5, 5.41) is 19.8. The first-order valence-corrected chi connectivity index (χ1v) is 22.6. The van der Waals surface area contributed by atoms with E-state index in [1.54, 1.807) is 55.5 Å². The van der Waals surface area contributed by atoms with Crippen LogP contribution in [-0.4, -0.2) is 115 Å². The fourth-order valence-electron chi connectivity index (χ4n) is 9.01. The minimum atomic E-state index is -2.62. The van der Waals surface area contributed by atoms with Crippen molar-refractivity contribution in [3.05, 3.63) is 101 Å². The molecule has 0 unspecified atom stereocenters. The third kappa shape index (κ3) is 10.1. The zero-order valence-electron chi connectivity index (χ0n) is 38.0. The van der Waals surface area contributed by atoms with Crippen LogP contribution in [0, 0.1) is 17.1 Å². The summed E-state index contributed by atoms with van der Waals surface area (Å²) in [5.74, 6) is -2.60. The number of alkyl halides is 2. The lowest BCUT2D eigenvalue weighted by Crippen LogP contribution is -2.49. The number of ether oxygens (including phenoxy) is 3. The number of amides is 5. The van der Waals surface area contributed by atoms with Crippen LogP contribution in [0.15, 0.2) is 72.8 Å². The fourth-order valence-corrected chi connectivity index (χ4v) is 9.01. The summed E-state index contributed by atoms with van der Waals surface area (Å²) in [6.07, 6.45) is 1.19. The molecule has 4 aromatic carbocycles. The predicted octanol–water partition coefficient (Wildman–Crippen LogP) is 6.98. The lowest BCUT2D eigenvalue weighted by molar-refractivity contribution is -0.120. The molecule has 356 valence electrons. The van der Waals surface area contributed by atoms with Gasteiger partial charge in [0.25, 0.3) is 17.7 Å². The molecule has 0 saturated carbocycles. The van der Waals surface area contributed by atoms with Gasteiger partial charge in [-0.1, -0.05) is 24.3 Å². The molecule has 4 aliphatic heterocycles. The van der Waals surface area contributed by atoms with Gasteiger partial charge in [0.15, 0.2) is 28.9 Å². The van der Waals surface area contributed by atoms with Gasteiger partial charge in [-0.05, 0) is 79.9 Å². The molecule has 68 heavy (non-hydrogen) atoms. The Kier molecular flexibility index (Phi) is 14.2. The Morgan fingerprint density at radius 2 is 1.71 bits per heavy atom. The van der Waals surface area contributed by atoms with Crippen molar-refractivity contribution in [3.8, 4) is 29.1 Å². The van der Waals surface area contributed by atoms with Crippen LogP contribution in [0.4, 0.5) is 29.5 Å². The first-order chi connectivity index (χ1) is 32.8. The standard InChI is InChI=1S/C25H26F3N5O3.C24H26N4O4/c1-31-20-14-21(19(26)13-18(20)23(30-31)33-12-8-22(34)29-24(33)35)36-17-5-3-16(4-6-17)7-11-32-10-2-9-25(27,28)15-32;1-3-32-21-15-16(7-8-20(21)31-2)18(9-10-25)28-23(29)17-5-4-6-19(22(17)24(28)30)27-13-11-26-12-14-27/h3-6,13-14H,2,7-12,15H2,1H3,(H,29,34,35);4-8,15,18,26H,3,9,11-14H2,1-2H3/t;18-/m.1/s1. The Labute approximate surface area is 391 Å². The van der Waals surface area contributed by atoms with Crippen molar-refractivity contribution in [3.63, 3.8) is 0 Å². The Hall–Kier alpha value is -7.17. The van der Waals surface area contributed by atoms with Crippen molar-refractivity contribution in [2.75, 3.05) is 75.9 Å². The molecule has 5 aromatic rings. The van der Waals surface area contributed by atoms with Gasteiger partial charge in [-0.25, -0.2) is 18.0 Å². The zero-order valence-corrected chi connectivity index (χ0v) is 38.0. The third-order valence-corrected chi connectivity index (χ3v) is 12.4. The number of nitriles is 1. The molecule has 5 heterocycles. The number of aromatic nitrogens is 2. The third-order valence-electron chi connectivity index (χ3n) is 12.4. The van der Waals surface area contributed by atoms with Crippen LogP contribution < -0.4 is 34.6 Å². The maximum absolute atomic E-state index is 15.0. The van der Waals surface area contributed by atoms with Crippen molar-refractivity contribution in [1.82, 2.24) is 30.2 Å². The summed E-state index contributed by atoms with van der Waals surface area (Å²) in [5.41, 5.74) is 3.75. The van der Waals surface area contributed by atoms with E-state index in [-0.39, 0.29) is 61.6 Å². The molecule has 2 N–H and O–H groups in total. The topological polar surface area (TPSA) is 175 Å².